The molecule has 3 aromatic rings. The number of nitrogens with one attached hydrogen (secondary N) is 2. The maximum Gasteiger partial charge on any atom is 0.325 e. The first-order valence-corrected chi connectivity index (χ1v) is 12.4. The Morgan fingerprint density at radius 3 is 2.35 bits per heavy atom. The van der Waals surface area contributed by atoms with Crippen LogP contribution in [0.3, 0.4) is 0 Å². The van der Waals surface area contributed by atoms with Gasteiger partial charge in [0.25, 0.3) is 5.56 Å². The predicted molar refractivity (Wildman–Crippen MR) is 136 cm³/mol. The Balaban J connectivity index is 1.60. The number of pyridine rings is 1. The van der Waals surface area contributed by atoms with Crippen LogP contribution in [0.2, 0.25) is 0 Å². The Labute approximate surface area is 206 Å². The first-order valence-electron chi connectivity index (χ1n) is 10.2. The van der Waals surface area contributed by atoms with E-state index in [2.05, 4.69) is 39.2 Å². The van der Waals surface area contributed by atoms with Crippen molar-refractivity contribution >= 4 is 45.2 Å². The standard InChI is InChI=1S/C23H22FI2N3O2/c24-23(25,26)17-10-11-27-18(12-17)13-19-20(28-22(31)29-21(19)30)16-8-6-15(7-9-16)14-4-2-1-3-5-14/h1-5,10-12,15-16H,6-9,13H2,(H2,28,29,30,31). The summed E-state index contributed by atoms with van der Waals surface area (Å²) in [5, 5.41) is 0. The molecule has 0 saturated heterocycles. The molecular formula is C23H22FI2N3O2. The van der Waals surface area contributed by atoms with Gasteiger partial charge in [0.2, 0.25) is 1.68 Å². The Morgan fingerprint density at radius 2 is 1.68 bits per heavy atom. The lowest BCUT2D eigenvalue weighted by Gasteiger charge is -2.29. The molecule has 1 saturated carbocycles. The van der Waals surface area contributed by atoms with Crippen LogP contribution in [-0.2, 0) is 8.10 Å². The summed E-state index contributed by atoms with van der Waals surface area (Å²) < 4.78 is 12.8. The summed E-state index contributed by atoms with van der Waals surface area (Å²) in [7, 11) is 0. The Bertz CT molecular complexity index is 1160. The van der Waals surface area contributed by atoms with Gasteiger partial charge in [0.05, 0.1) is 0 Å². The number of benzene rings is 1. The topological polar surface area (TPSA) is 78.6 Å². The molecule has 2 heterocycles. The highest BCUT2D eigenvalue weighted by Gasteiger charge is 2.28. The normalized spacial score (nSPS) is 19.3. The number of H-pyrrole nitrogens is 2. The number of alkyl halides is 3. The second kappa shape index (κ2) is 9.51. The molecule has 1 aromatic carbocycles. The van der Waals surface area contributed by atoms with Crippen molar-refractivity contribution in [2.24, 2.45) is 0 Å². The quantitative estimate of drug-likeness (QED) is 0.287. The molecule has 1 fully saturated rings. The third-order valence-electron chi connectivity index (χ3n) is 5.98. The summed E-state index contributed by atoms with van der Waals surface area (Å²) >= 11 is 3.45. The van der Waals surface area contributed by atoms with Gasteiger partial charge in [0.1, 0.15) is 0 Å². The van der Waals surface area contributed by atoms with E-state index < -0.39 is 12.9 Å². The van der Waals surface area contributed by atoms with Gasteiger partial charge in [-0.1, -0.05) is 30.3 Å². The molecule has 8 heteroatoms. The van der Waals surface area contributed by atoms with E-state index in [9.17, 15) is 14.0 Å². The molecule has 0 radical (unpaired) electrons. The van der Waals surface area contributed by atoms with E-state index in [1.807, 2.05) is 6.07 Å². The van der Waals surface area contributed by atoms with E-state index >= 15 is 0 Å². The van der Waals surface area contributed by atoms with Crippen molar-refractivity contribution in [3.8, 4) is 0 Å². The van der Waals surface area contributed by atoms with E-state index in [1.54, 1.807) is 63.5 Å². The number of rotatable bonds is 5. The predicted octanol–water partition coefficient (Wildman–Crippen LogP) is 5.44. The van der Waals surface area contributed by atoms with Crippen LogP contribution in [0.25, 0.3) is 0 Å². The van der Waals surface area contributed by atoms with E-state index in [0.29, 0.717) is 28.4 Å². The average molecular weight is 645 g/mol. The van der Waals surface area contributed by atoms with Crippen LogP contribution >= 0.6 is 45.2 Å². The van der Waals surface area contributed by atoms with Gasteiger partial charge in [-0.2, -0.15) is 0 Å². The monoisotopic (exact) mass is 645 g/mol. The first-order chi connectivity index (χ1) is 14.8. The zero-order chi connectivity index (χ0) is 22.0. The lowest BCUT2D eigenvalue weighted by molar-refractivity contribution is 0.388. The van der Waals surface area contributed by atoms with Crippen molar-refractivity contribution in [3.63, 3.8) is 0 Å². The van der Waals surface area contributed by atoms with Crippen molar-refractivity contribution in [3.05, 3.63) is 97.6 Å². The third kappa shape index (κ3) is 5.44. The number of aromatic amines is 2. The van der Waals surface area contributed by atoms with Crippen molar-refractivity contribution in [1.82, 2.24) is 15.0 Å². The molecule has 0 bridgehead atoms. The van der Waals surface area contributed by atoms with Crippen LogP contribution in [0.15, 0.2) is 58.3 Å². The highest BCUT2D eigenvalue weighted by Crippen LogP contribution is 2.42. The molecule has 0 spiro atoms. The van der Waals surface area contributed by atoms with Gasteiger partial charge in [0, 0.05) is 35.1 Å². The van der Waals surface area contributed by atoms with Crippen LogP contribution < -0.4 is 11.2 Å². The molecule has 162 valence electrons. The third-order valence-corrected chi connectivity index (χ3v) is 7.23. The van der Waals surface area contributed by atoms with E-state index in [4.69, 9.17) is 0 Å². The van der Waals surface area contributed by atoms with Gasteiger partial charge >= 0.3 is 5.69 Å². The molecular weight excluding hydrogens is 623 g/mol. The van der Waals surface area contributed by atoms with E-state index in [1.165, 1.54) is 5.56 Å². The van der Waals surface area contributed by atoms with Crippen LogP contribution in [0.4, 0.5) is 4.39 Å². The van der Waals surface area contributed by atoms with Crippen LogP contribution in [0.5, 0.6) is 0 Å². The van der Waals surface area contributed by atoms with E-state index in [-0.39, 0.29) is 12.3 Å². The Hall–Kier alpha value is -1.56. The molecule has 4 rings (SSSR count). The molecule has 0 atom stereocenters. The zero-order valence-electron chi connectivity index (χ0n) is 16.7. The SMILES string of the molecule is O=c1[nH]c(C2CCC(c3ccccc3)CC2)c(Cc2cc(C(F)(I)I)ccn2)c(=O)[nH]1. The number of hydrogen-bond donors (Lipinski definition) is 2. The summed E-state index contributed by atoms with van der Waals surface area (Å²) in [5.74, 6) is 0.612. The smallest absolute Gasteiger partial charge is 0.311 e. The number of nitrogens with zero attached hydrogens (tertiary/aromatic N) is 1. The zero-order valence-corrected chi connectivity index (χ0v) is 21.0. The molecule has 2 N–H and O–H groups in total. The fourth-order valence-electron chi connectivity index (χ4n) is 4.43. The second-order valence-electron chi connectivity index (χ2n) is 7.97. The van der Waals surface area contributed by atoms with Crippen molar-refractivity contribution in [2.45, 2.75) is 45.6 Å². The summed E-state index contributed by atoms with van der Waals surface area (Å²) in [4.78, 5) is 34.3. The van der Waals surface area contributed by atoms with Crippen molar-refractivity contribution in [2.75, 3.05) is 0 Å². The fraction of sp³-hybridized carbons (Fsp3) is 0.348. The highest BCUT2D eigenvalue weighted by atomic mass is 127. The molecule has 5 nitrogen and oxygen atoms in total. The minimum Gasteiger partial charge on any atom is -0.311 e. The second-order valence-corrected chi connectivity index (χ2v) is 13.0. The molecule has 0 amide bonds. The summed E-state index contributed by atoms with van der Waals surface area (Å²) in [6.07, 6.45) is 5.61. The molecule has 1 aliphatic carbocycles. The first kappa shape index (κ1) is 22.6. The lowest BCUT2D eigenvalue weighted by Crippen LogP contribution is -2.30. The number of aromatic nitrogens is 3. The fourth-order valence-corrected chi connectivity index (χ4v) is 5.10. The van der Waals surface area contributed by atoms with Gasteiger partial charge in [-0.05, 0) is 100 Å². The number of hydrogen-bond acceptors (Lipinski definition) is 3. The molecule has 0 aliphatic heterocycles. The molecule has 31 heavy (non-hydrogen) atoms. The van der Waals surface area contributed by atoms with Crippen LogP contribution in [-0.4, -0.2) is 15.0 Å². The van der Waals surface area contributed by atoms with E-state index in [0.717, 1.165) is 25.7 Å². The lowest BCUT2D eigenvalue weighted by atomic mass is 9.76. The van der Waals surface area contributed by atoms with Gasteiger partial charge in [-0.25, -0.2) is 9.18 Å². The van der Waals surface area contributed by atoms with Gasteiger partial charge < -0.3 is 4.98 Å². The average Bonchev–Trinajstić information content (AvgIpc) is 2.76. The van der Waals surface area contributed by atoms with Crippen LogP contribution in [0.1, 0.15) is 65.6 Å². The Morgan fingerprint density at radius 1 is 1.00 bits per heavy atom. The van der Waals surface area contributed by atoms with Crippen LogP contribution in [0, 0.1) is 0 Å². The summed E-state index contributed by atoms with van der Waals surface area (Å²) in [6.45, 7) is 0. The molecule has 2 aromatic heterocycles. The maximum absolute atomic E-state index is 14.3. The minimum atomic E-state index is -1.55. The Kier molecular flexibility index (Phi) is 6.95. The van der Waals surface area contributed by atoms with Crippen molar-refractivity contribution in [1.29, 1.82) is 0 Å². The van der Waals surface area contributed by atoms with Crippen molar-refractivity contribution < 1.29 is 4.39 Å². The van der Waals surface area contributed by atoms with Gasteiger partial charge in [0.15, 0.2) is 0 Å². The highest BCUT2D eigenvalue weighted by molar-refractivity contribution is 14.2. The number of halogens is 3. The maximum atomic E-state index is 14.3. The van der Waals surface area contributed by atoms with Gasteiger partial charge in [-0.3, -0.25) is 14.8 Å². The largest absolute Gasteiger partial charge is 0.325 e. The van der Waals surface area contributed by atoms with Gasteiger partial charge in [-0.15, -0.1) is 0 Å². The molecule has 0 unspecified atom stereocenters. The molecule has 1 aliphatic rings. The summed E-state index contributed by atoms with van der Waals surface area (Å²) in [6, 6.07) is 13.8. The minimum absolute atomic E-state index is 0.113. The summed E-state index contributed by atoms with van der Waals surface area (Å²) in [5.41, 5.74) is 2.76.